The van der Waals surface area contributed by atoms with Gasteiger partial charge in [-0.25, -0.2) is 0 Å². The fourth-order valence-corrected chi connectivity index (χ4v) is 4.18. The van der Waals surface area contributed by atoms with Gasteiger partial charge in [0.1, 0.15) is 12.2 Å². The van der Waals surface area contributed by atoms with Crippen LogP contribution in [0, 0.1) is 23.7 Å². The zero-order valence-electron chi connectivity index (χ0n) is 10.5. The molecule has 116 valence electrons. The summed E-state index contributed by atoms with van der Waals surface area (Å²) >= 11 is 0. The van der Waals surface area contributed by atoms with Gasteiger partial charge in [-0.15, -0.1) is 0 Å². The lowest BCUT2D eigenvalue weighted by Crippen LogP contribution is -2.43. The highest BCUT2D eigenvalue weighted by atomic mass is 32.2. The summed E-state index contributed by atoms with van der Waals surface area (Å²) in [5, 5.41) is 9.23. The van der Waals surface area contributed by atoms with Crippen molar-refractivity contribution in [1.29, 1.82) is 0 Å². The molecule has 6 atom stereocenters. The van der Waals surface area contributed by atoms with E-state index in [1.165, 1.54) is 0 Å². The molecule has 0 aromatic carbocycles. The zero-order chi connectivity index (χ0) is 15.5. The molecule has 0 amide bonds. The second kappa shape index (κ2) is 4.41. The Hall–Kier alpha value is -1.68. The highest BCUT2D eigenvalue weighted by Crippen LogP contribution is 2.58. The van der Waals surface area contributed by atoms with Gasteiger partial charge in [0.25, 0.3) is 10.1 Å². The first-order chi connectivity index (χ1) is 9.69. The molecule has 2 N–H and O–H groups in total. The third kappa shape index (κ3) is 2.18. The standard InChI is InChI=1S/C11H12O9S/c12-5(2-21(16,17)18)19-8-3-1-4-7(6(3)10(13)14)11(15)20-9(4)8/h3-4,6-9H,1-2H2,(H,13,14)(H,16,17,18). The summed E-state index contributed by atoms with van der Waals surface area (Å²) in [7, 11) is -4.53. The quantitative estimate of drug-likeness (QED) is 0.475. The van der Waals surface area contributed by atoms with Gasteiger partial charge in [0.15, 0.2) is 5.75 Å². The van der Waals surface area contributed by atoms with E-state index in [2.05, 4.69) is 0 Å². The lowest BCUT2D eigenvalue weighted by Gasteiger charge is -2.28. The van der Waals surface area contributed by atoms with E-state index in [4.69, 9.17) is 14.0 Å². The maximum absolute atomic E-state index is 11.7. The first kappa shape index (κ1) is 14.3. The average Bonchev–Trinajstić information content (AvgIpc) is 2.89. The van der Waals surface area contributed by atoms with Crippen LogP contribution in [0.5, 0.6) is 0 Å². The zero-order valence-corrected chi connectivity index (χ0v) is 11.4. The van der Waals surface area contributed by atoms with Gasteiger partial charge in [-0.2, -0.15) is 8.42 Å². The van der Waals surface area contributed by atoms with Crippen LogP contribution < -0.4 is 0 Å². The number of aliphatic carboxylic acids is 1. The molecule has 1 saturated heterocycles. The van der Waals surface area contributed by atoms with Crippen molar-refractivity contribution < 1.29 is 41.9 Å². The molecule has 2 bridgehead atoms. The van der Waals surface area contributed by atoms with Crippen molar-refractivity contribution >= 4 is 28.0 Å². The molecular weight excluding hydrogens is 308 g/mol. The number of carbonyl (C=O) groups is 3. The number of hydrogen-bond acceptors (Lipinski definition) is 7. The van der Waals surface area contributed by atoms with Crippen molar-refractivity contribution in [3.05, 3.63) is 0 Å². The topological polar surface area (TPSA) is 144 Å². The van der Waals surface area contributed by atoms with E-state index >= 15 is 0 Å². The molecule has 1 heterocycles. The lowest BCUT2D eigenvalue weighted by molar-refractivity contribution is -0.162. The van der Waals surface area contributed by atoms with Gasteiger partial charge in [-0.1, -0.05) is 0 Å². The van der Waals surface area contributed by atoms with E-state index < -0.39 is 63.7 Å². The number of hydrogen-bond donors (Lipinski definition) is 2. The number of esters is 2. The number of fused-ring (bicyclic) bond motifs is 1. The smallest absolute Gasteiger partial charge is 0.324 e. The lowest BCUT2D eigenvalue weighted by atomic mass is 9.78. The minimum atomic E-state index is -4.53. The van der Waals surface area contributed by atoms with Crippen LogP contribution in [0.3, 0.4) is 0 Å². The third-order valence-electron chi connectivity index (χ3n) is 4.40. The number of carboxylic acids is 1. The van der Waals surface area contributed by atoms with Crippen molar-refractivity contribution in [3.8, 4) is 0 Å². The van der Waals surface area contributed by atoms with Gasteiger partial charge in [0, 0.05) is 11.8 Å². The van der Waals surface area contributed by atoms with E-state index in [0.29, 0.717) is 6.42 Å². The van der Waals surface area contributed by atoms with Gasteiger partial charge in [0.05, 0.1) is 11.8 Å². The fraction of sp³-hybridized carbons (Fsp3) is 0.727. The molecule has 0 radical (unpaired) electrons. The number of rotatable bonds is 4. The van der Waals surface area contributed by atoms with E-state index in [1.54, 1.807) is 0 Å². The Morgan fingerprint density at radius 3 is 2.57 bits per heavy atom. The van der Waals surface area contributed by atoms with Gasteiger partial charge in [0.2, 0.25) is 0 Å². The fourth-order valence-electron chi connectivity index (χ4n) is 3.82. The van der Waals surface area contributed by atoms with Crippen LogP contribution >= 0.6 is 0 Å². The van der Waals surface area contributed by atoms with Crippen molar-refractivity contribution in [1.82, 2.24) is 0 Å². The average molecular weight is 320 g/mol. The molecule has 3 aliphatic rings. The van der Waals surface area contributed by atoms with Crippen LogP contribution in [0.2, 0.25) is 0 Å². The van der Waals surface area contributed by atoms with Crippen LogP contribution in [-0.2, 0) is 34.0 Å². The highest BCUT2D eigenvalue weighted by molar-refractivity contribution is 7.86. The van der Waals surface area contributed by atoms with E-state index in [-0.39, 0.29) is 5.92 Å². The molecule has 0 aromatic heterocycles. The van der Waals surface area contributed by atoms with Crippen molar-refractivity contribution in [2.24, 2.45) is 23.7 Å². The summed E-state index contributed by atoms with van der Waals surface area (Å²) in [6.45, 7) is 0. The van der Waals surface area contributed by atoms with Crippen molar-refractivity contribution in [3.63, 3.8) is 0 Å². The second-order valence-corrected chi connectivity index (χ2v) is 6.99. The molecule has 3 fully saturated rings. The summed E-state index contributed by atoms with van der Waals surface area (Å²) in [4.78, 5) is 34.5. The van der Waals surface area contributed by atoms with Gasteiger partial charge in [-0.3, -0.25) is 18.9 Å². The molecule has 2 saturated carbocycles. The molecule has 21 heavy (non-hydrogen) atoms. The van der Waals surface area contributed by atoms with Crippen molar-refractivity contribution in [2.75, 3.05) is 5.75 Å². The number of carboxylic acid groups (broad SMARTS) is 1. The minimum Gasteiger partial charge on any atom is -0.481 e. The molecule has 0 aromatic rings. The van der Waals surface area contributed by atoms with E-state index in [0.717, 1.165) is 0 Å². The monoisotopic (exact) mass is 320 g/mol. The first-order valence-corrected chi connectivity index (χ1v) is 7.88. The van der Waals surface area contributed by atoms with Crippen LogP contribution in [0.15, 0.2) is 0 Å². The van der Waals surface area contributed by atoms with Crippen LogP contribution in [0.1, 0.15) is 6.42 Å². The van der Waals surface area contributed by atoms with E-state index in [9.17, 15) is 27.9 Å². The van der Waals surface area contributed by atoms with Crippen LogP contribution in [0.25, 0.3) is 0 Å². The predicted octanol–water partition coefficient (Wildman–Crippen LogP) is -1.32. The van der Waals surface area contributed by atoms with Gasteiger partial charge >= 0.3 is 17.9 Å². The normalized spacial score (nSPS) is 40.1. The SMILES string of the molecule is O=C(CS(=O)(=O)O)OC1C2CC3C1OC(=O)C3C2C(=O)O. The molecule has 2 aliphatic carbocycles. The molecule has 10 heteroatoms. The highest BCUT2D eigenvalue weighted by Gasteiger charge is 2.69. The molecule has 3 rings (SSSR count). The Balaban J connectivity index is 1.80. The summed E-state index contributed by atoms with van der Waals surface area (Å²) in [5.74, 6) is -6.83. The summed E-state index contributed by atoms with van der Waals surface area (Å²) in [5.41, 5.74) is 0. The Bertz CT molecular complexity index is 624. The first-order valence-electron chi connectivity index (χ1n) is 6.27. The maximum atomic E-state index is 11.7. The van der Waals surface area contributed by atoms with E-state index in [1.807, 2.05) is 0 Å². The van der Waals surface area contributed by atoms with Crippen molar-refractivity contribution in [2.45, 2.75) is 18.6 Å². The molecule has 1 aliphatic heterocycles. The molecule has 9 nitrogen and oxygen atoms in total. The van der Waals surface area contributed by atoms with Gasteiger partial charge in [-0.05, 0) is 6.42 Å². The minimum absolute atomic E-state index is 0.327. The van der Waals surface area contributed by atoms with Crippen LogP contribution in [-0.4, -0.2) is 53.9 Å². The molecule has 0 spiro atoms. The predicted molar refractivity (Wildman–Crippen MR) is 62.4 cm³/mol. The largest absolute Gasteiger partial charge is 0.481 e. The maximum Gasteiger partial charge on any atom is 0.324 e. The number of carbonyl (C=O) groups excluding carboxylic acids is 2. The third-order valence-corrected chi connectivity index (χ3v) is 5.00. The Morgan fingerprint density at radius 2 is 2.00 bits per heavy atom. The summed E-state index contributed by atoms with van der Waals surface area (Å²) in [6, 6.07) is 0. The molecular formula is C11H12O9S. The Kier molecular flexibility index (Phi) is 2.99. The summed E-state index contributed by atoms with van der Waals surface area (Å²) in [6.07, 6.45) is -1.33. The Morgan fingerprint density at radius 1 is 1.33 bits per heavy atom. The second-order valence-electron chi connectivity index (χ2n) is 5.54. The molecule has 6 unspecified atom stereocenters. The Labute approximate surface area is 119 Å². The number of ether oxygens (including phenoxy) is 2. The van der Waals surface area contributed by atoms with Gasteiger partial charge < -0.3 is 14.6 Å². The van der Waals surface area contributed by atoms with Crippen LogP contribution in [0.4, 0.5) is 0 Å². The summed E-state index contributed by atoms with van der Waals surface area (Å²) < 4.78 is 39.9.